The van der Waals surface area contributed by atoms with Crippen molar-refractivity contribution >= 4 is 23.3 Å². The van der Waals surface area contributed by atoms with Crippen molar-refractivity contribution in [2.24, 2.45) is 0 Å². The lowest BCUT2D eigenvalue weighted by Crippen LogP contribution is -2.31. The van der Waals surface area contributed by atoms with Gasteiger partial charge in [0.2, 0.25) is 5.91 Å². The minimum absolute atomic E-state index is 0.113. The van der Waals surface area contributed by atoms with Crippen molar-refractivity contribution < 1.29 is 4.79 Å². The molecule has 1 aliphatic rings. The van der Waals surface area contributed by atoms with Crippen LogP contribution in [0.2, 0.25) is 5.02 Å². The first-order valence-corrected chi connectivity index (χ1v) is 10.1. The monoisotopic (exact) mass is 398 g/mol. The van der Waals surface area contributed by atoms with Crippen molar-refractivity contribution in [3.63, 3.8) is 0 Å². The molecule has 0 aliphatic heterocycles. The van der Waals surface area contributed by atoms with Gasteiger partial charge in [0.15, 0.2) is 0 Å². The number of carbonyl (C=O) groups excluding carboxylic acids is 1. The van der Waals surface area contributed by atoms with Crippen molar-refractivity contribution in [2.45, 2.75) is 52.1 Å². The zero-order valence-electron chi connectivity index (χ0n) is 16.8. The van der Waals surface area contributed by atoms with Gasteiger partial charge in [-0.25, -0.2) is 0 Å². The Morgan fingerprint density at radius 2 is 2.07 bits per heavy atom. The molecule has 1 aliphatic carbocycles. The van der Waals surface area contributed by atoms with Crippen LogP contribution >= 0.6 is 11.6 Å². The van der Waals surface area contributed by atoms with Gasteiger partial charge in [-0.05, 0) is 57.0 Å². The molecule has 1 fully saturated rings. The largest absolute Gasteiger partial charge is 0.327 e. The number of carbonyl (C=O) groups is 1. The van der Waals surface area contributed by atoms with Crippen LogP contribution in [-0.4, -0.2) is 29.0 Å². The highest BCUT2D eigenvalue weighted by Gasteiger charge is 2.26. The van der Waals surface area contributed by atoms with Crippen molar-refractivity contribution in [1.29, 1.82) is 5.26 Å². The molecule has 0 saturated heterocycles. The molecule has 0 radical (unpaired) electrons. The second kappa shape index (κ2) is 8.81. The van der Waals surface area contributed by atoms with E-state index < -0.39 is 0 Å². The summed E-state index contributed by atoms with van der Waals surface area (Å²) in [6.45, 7) is 4.86. The third kappa shape index (κ3) is 4.40. The molecule has 1 N–H and O–H groups in total. The maximum absolute atomic E-state index is 12.7. The van der Waals surface area contributed by atoms with E-state index in [1.54, 1.807) is 0 Å². The molecule has 0 unspecified atom stereocenters. The van der Waals surface area contributed by atoms with Gasteiger partial charge in [-0.15, -0.1) is 0 Å². The summed E-state index contributed by atoms with van der Waals surface area (Å²) >= 11 is 6.04. The molecule has 1 aromatic carbocycles. The van der Waals surface area contributed by atoms with E-state index >= 15 is 0 Å². The number of benzene rings is 1. The molecule has 0 bridgehead atoms. The van der Waals surface area contributed by atoms with E-state index in [1.807, 2.05) is 50.1 Å². The second-order valence-corrected chi connectivity index (χ2v) is 8.14. The standard InChI is InChI=1S/C22H27ClN4O/c1-15-16(2)27(19-9-4-5-10-19)22(20(15)12-24)25-21(28)14-26(3)13-17-7-6-8-18(23)11-17/h6-8,11,19H,4-5,9-10,13-14H2,1-3H3,(H,25,28). The highest BCUT2D eigenvalue weighted by atomic mass is 35.5. The quantitative estimate of drug-likeness (QED) is 0.759. The van der Waals surface area contributed by atoms with E-state index in [1.165, 1.54) is 12.8 Å². The van der Waals surface area contributed by atoms with Gasteiger partial charge >= 0.3 is 0 Å². The lowest BCUT2D eigenvalue weighted by molar-refractivity contribution is -0.117. The highest BCUT2D eigenvalue weighted by molar-refractivity contribution is 6.30. The fraction of sp³-hybridized carbons (Fsp3) is 0.455. The molecule has 1 aromatic heterocycles. The molecule has 148 valence electrons. The zero-order valence-corrected chi connectivity index (χ0v) is 17.5. The number of nitriles is 1. The Kier molecular flexibility index (Phi) is 6.43. The van der Waals surface area contributed by atoms with Gasteiger partial charge in [0.05, 0.1) is 12.1 Å². The van der Waals surface area contributed by atoms with Crippen LogP contribution in [0.1, 0.15) is 54.1 Å². The molecular weight excluding hydrogens is 372 g/mol. The van der Waals surface area contributed by atoms with Crippen molar-refractivity contribution in [1.82, 2.24) is 9.47 Å². The van der Waals surface area contributed by atoms with E-state index in [9.17, 15) is 10.1 Å². The Bertz CT molecular complexity index is 906. The van der Waals surface area contributed by atoms with Gasteiger partial charge in [0, 0.05) is 23.3 Å². The Labute approximate surface area is 171 Å². The number of nitrogens with zero attached hydrogens (tertiary/aromatic N) is 3. The summed E-state index contributed by atoms with van der Waals surface area (Å²) in [5.74, 6) is 0.545. The SMILES string of the molecule is Cc1c(C#N)c(NC(=O)CN(C)Cc2cccc(Cl)c2)n(C2CCCC2)c1C. The number of amides is 1. The van der Waals surface area contributed by atoms with Gasteiger partial charge in [0.25, 0.3) is 0 Å². The average Bonchev–Trinajstić information content (AvgIpc) is 3.22. The molecule has 28 heavy (non-hydrogen) atoms. The molecule has 5 nitrogen and oxygen atoms in total. The Morgan fingerprint density at radius 3 is 2.71 bits per heavy atom. The summed E-state index contributed by atoms with van der Waals surface area (Å²) in [4.78, 5) is 14.7. The first-order valence-electron chi connectivity index (χ1n) is 9.75. The number of rotatable bonds is 6. The van der Waals surface area contributed by atoms with Gasteiger partial charge in [-0.1, -0.05) is 36.6 Å². The van der Waals surface area contributed by atoms with E-state index in [0.717, 1.165) is 29.7 Å². The molecule has 6 heteroatoms. The molecular formula is C22H27ClN4O. The number of hydrogen-bond donors (Lipinski definition) is 1. The summed E-state index contributed by atoms with van der Waals surface area (Å²) in [5.41, 5.74) is 3.67. The maximum atomic E-state index is 12.7. The van der Waals surface area contributed by atoms with Crippen LogP contribution in [0.15, 0.2) is 24.3 Å². The first-order chi connectivity index (χ1) is 13.4. The third-order valence-electron chi connectivity index (χ3n) is 5.57. The maximum Gasteiger partial charge on any atom is 0.239 e. The third-order valence-corrected chi connectivity index (χ3v) is 5.81. The van der Waals surface area contributed by atoms with Crippen molar-refractivity contribution in [3.05, 3.63) is 51.7 Å². The van der Waals surface area contributed by atoms with E-state index in [4.69, 9.17) is 11.6 Å². The van der Waals surface area contributed by atoms with Crippen LogP contribution in [0.3, 0.4) is 0 Å². The van der Waals surface area contributed by atoms with Crippen LogP contribution in [0, 0.1) is 25.2 Å². The van der Waals surface area contributed by atoms with Crippen LogP contribution < -0.4 is 5.32 Å². The number of aromatic nitrogens is 1. The number of anilines is 1. The first kappa shape index (κ1) is 20.4. The molecule has 3 rings (SSSR count). The minimum Gasteiger partial charge on any atom is -0.327 e. The summed E-state index contributed by atoms with van der Waals surface area (Å²) in [6.07, 6.45) is 4.58. The highest BCUT2D eigenvalue weighted by Crippen LogP contribution is 2.37. The number of hydrogen-bond acceptors (Lipinski definition) is 3. The molecule has 2 aromatic rings. The van der Waals surface area contributed by atoms with Gasteiger partial charge in [0.1, 0.15) is 11.9 Å². The fourth-order valence-electron chi connectivity index (χ4n) is 4.13. The van der Waals surface area contributed by atoms with Crippen molar-refractivity contribution in [3.8, 4) is 6.07 Å². The van der Waals surface area contributed by atoms with Crippen LogP contribution in [0.25, 0.3) is 0 Å². The zero-order chi connectivity index (χ0) is 20.3. The molecule has 1 saturated carbocycles. The average molecular weight is 399 g/mol. The lowest BCUT2D eigenvalue weighted by atomic mass is 10.2. The van der Waals surface area contributed by atoms with E-state index in [-0.39, 0.29) is 12.5 Å². The Balaban J connectivity index is 1.74. The van der Waals surface area contributed by atoms with Crippen molar-refractivity contribution in [2.75, 3.05) is 18.9 Å². The molecule has 0 atom stereocenters. The van der Waals surface area contributed by atoms with Gasteiger partial charge < -0.3 is 9.88 Å². The van der Waals surface area contributed by atoms with Crippen LogP contribution in [-0.2, 0) is 11.3 Å². The number of nitrogens with one attached hydrogen (secondary N) is 1. The second-order valence-electron chi connectivity index (χ2n) is 7.70. The Morgan fingerprint density at radius 1 is 1.36 bits per heavy atom. The lowest BCUT2D eigenvalue weighted by Gasteiger charge is -2.21. The van der Waals surface area contributed by atoms with Gasteiger partial charge in [-0.3, -0.25) is 9.69 Å². The Hall–Kier alpha value is -2.29. The summed E-state index contributed by atoms with van der Waals surface area (Å²) in [6, 6.07) is 10.3. The summed E-state index contributed by atoms with van der Waals surface area (Å²) in [7, 11) is 1.90. The fourth-order valence-corrected chi connectivity index (χ4v) is 4.34. The van der Waals surface area contributed by atoms with Gasteiger partial charge in [-0.2, -0.15) is 5.26 Å². The summed E-state index contributed by atoms with van der Waals surface area (Å²) in [5, 5.41) is 13.4. The number of likely N-dealkylation sites (N-methyl/N-ethyl adjacent to an activating group) is 1. The predicted molar refractivity (Wildman–Crippen MR) is 113 cm³/mol. The summed E-state index contributed by atoms with van der Waals surface area (Å²) < 4.78 is 2.18. The molecule has 1 amide bonds. The molecule has 0 spiro atoms. The predicted octanol–water partition coefficient (Wildman–Crippen LogP) is 4.82. The minimum atomic E-state index is -0.113. The smallest absolute Gasteiger partial charge is 0.239 e. The normalized spacial score (nSPS) is 14.4. The number of halogens is 1. The van der Waals surface area contributed by atoms with E-state index in [0.29, 0.717) is 29.0 Å². The van der Waals surface area contributed by atoms with E-state index in [2.05, 4.69) is 16.0 Å². The van der Waals surface area contributed by atoms with Crippen LogP contribution in [0.5, 0.6) is 0 Å². The topological polar surface area (TPSA) is 61.1 Å². The van der Waals surface area contributed by atoms with Crippen LogP contribution in [0.4, 0.5) is 5.82 Å². The molecule has 1 heterocycles.